The summed E-state index contributed by atoms with van der Waals surface area (Å²) in [5.74, 6) is 1.67. The molecule has 0 spiro atoms. The molecule has 0 unspecified atom stereocenters. The summed E-state index contributed by atoms with van der Waals surface area (Å²) in [5, 5.41) is 10.2. The van der Waals surface area contributed by atoms with Gasteiger partial charge in [0.15, 0.2) is 0 Å². The highest BCUT2D eigenvalue weighted by Gasteiger charge is 2.34. The van der Waals surface area contributed by atoms with E-state index < -0.39 is 0 Å². The van der Waals surface area contributed by atoms with Crippen LogP contribution in [0.25, 0.3) is 10.9 Å². The van der Waals surface area contributed by atoms with Crippen LogP contribution in [0.3, 0.4) is 0 Å². The topological polar surface area (TPSA) is 66.1 Å². The van der Waals surface area contributed by atoms with E-state index in [0.29, 0.717) is 18.8 Å². The molecule has 0 N–H and O–H groups in total. The van der Waals surface area contributed by atoms with Gasteiger partial charge in [-0.2, -0.15) is 5.26 Å². The second kappa shape index (κ2) is 5.05. The lowest BCUT2D eigenvalue weighted by atomic mass is 9.93. The Morgan fingerprint density at radius 2 is 2.05 bits per heavy atom. The van der Waals surface area contributed by atoms with E-state index in [1.165, 1.54) is 4.57 Å². The Bertz CT molecular complexity index is 922. The molecule has 0 aliphatic carbocycles. The third-order valence-corrected chi connectivity index (χ3v) is 4.10. The van der Waals surface area contributed by atoms with Crippen LogP contribution in [0.2, 0.25) is 0 Å². The van der Waals surface area contributed by atoms with Crippen molar-refractivity contribution in [2.45, 2.75) is 0 Å². The second-order valence-corrected chi connectivity index (χ2v) is 5.33. The van der Waals surface area contributed by atoms with E-state index in [9.17, 15) is 14.9 Å². The van der Waals surface area contributed by atoms with Gasteiger partial charge in [0, 0.05) is 25.5 Å². The molecule has 0 saturated carbocycles. The van der Waals surface area contributed by atoms with E-state index in [-0.39, 0.29) is 22.8 Å². The lowest BCUT2D eigenvalue weighted by Gasteiger charge is -2.40. The molecule has 5 heteroatoms. The summed E-state index contributed by atoms with van der Waals surface area (Å²) in [6.07, 6.45) is 5.13. The van der Waals surface area contributed by atoms with Gasteiger partial charge in [0.1, 0.15) is 11.6 Å². The highest BCUT2D eigenvalue weighted by molar-refractivity contribution is 6.00. The molecule has 1 saturated heterocycles. The molecule has 1 aliphatic rings. The molecule has 5 nitrogen and oxygen atoms in total. The van der Waals surface area contributed by atoms with Crippen LogP contribution in [0.5, 0.6) is 0 Å². The van der Waals surface area contributed by atoms with Crippen LogP contribution in [0, 0.1) is 29.6 Å². The number of benzene rings is 1. The Hall–Kier alpha value is -3.05. The van der Waals surface area contributed by atoms with Gasteiger partial charge in [-0.3, -0.25) is 9.59 Å². The zero-order valence-electron chi connectivity index (χ0n) is 12.0. The van der Waals surface area contributed by atoms with E-state index in [1.807, 2.05) is 35.2 Å². The van der Waals surface area contributed by atoms with Gasteiger partial charge in [-0.1, -0.05) is 18.2 Å². The molecule has 0 bridgehead atoms. The maximum Gasteiger partial charge on any atom is 0.270 e. The number of anilines is 1. The van der Waals surface area contributed by atoms with Crippen molar-refractivity contribution >= 4 is 22.4 Å². The Kier molecular flexibility index (Phi) is 3.19. The molecule has 0 atom stereocenters. The number of rotatable bonds is 2. The summed E-state index contributed by atoms with van der Waals surface area (Å²) in [6, 6.07) is 9.43. The summed E-state index contributed by atoms with van der Waals surface area (Å²) < 4.78 is 1.47. The van der Waals surface area contributed by atoms with Crippen molar-refractivity contribution in [3.63, 3.8) is 0 Å². The Morgan fingerprint density at radius 3 is 2.68 bits per heavy atom. The molecule has 1 aromatic carbocycles. The second-order valence-electron chi connectivity index (χ2n) is 5.33. The van der Waals surface area contributed by atoms with Gasteiger partial charge in [0.05, 0.1) is 17.1 Å². The summed E-state index contributed by atoms with van der Waals surface area (Å²) >= 11 is 0. The predicted molar refractivity (Wildman–Crippen MR) is 83.4 cm³/mol. The number of terminal acetylenes is 1. The summed E-state index contributed by atoms with van der Waals surface area (Å²) in [4.78, 5) is 25.8. The van der Waals surface area contributed by atoms with E-state index in [0.717, 1.165) is 10.9 Å². The van der Waals surface area contributed by atoms with Crippen molar-refractivity contribution in [2.75, 3.05) is 18.0 Å². The van der Waals surface area contributed by atoms with Crippen molar-refractivity contribution in [2.24, 2.45) is 13.0 Å². The number of pyridine rings is 1. The first-order valence-electron chi connectivity index (χ1n) is 6.85. The first-order valence-corrected chi connectivity index (χ1v) is 6.85. The van der Waals surface area contributed by atoms with Crippen LogP contribution in [-0.4, -0.2) is 23.4 Å². The number of ketones is 1. The van der Waals surface area contributed by atoms with Gasteiger partial charge in [0.25, 0.3) is 5.56 Å². The largest absolute Gasteiger partial charge is 0.368 e. The van der Waals surface area contributed by atoms with Gasteiger partial charge in [0.2, 0.25) is 5.78 Å². The molecule has 2 heterocycles. The van der Waals surface area contributed by atoms with Crippen molar-refractivity contribution in [3.05, 3.63) is 40.2 Å². The number of nitriles is 1. The molecular weight excluding hydrogens is 278 g/mol. The van der Waals surface area contributed by atoms with Crippen LogP contribution in [-0.2, 0) is 11.8 Å². The smallest absolute Gasteiger partial charge is 0.270 e. The molecular formula is C17H13N3O2. The lowest BCUT2D eigenvalue weighted by Crippen LogP contribution is -2.51. The third-order valence-electron chi connectivity index (χ3n) is 4.10. The zero-order chi connectivity index (χ0) is 15.9. The average molecular weight is 291 g/mol. The maximum atomic E-state index is 12.4. The molecule has 0 radical (unpaired) electrons. The first-order chi connectivity index (χ1) is 10.6. The Morgan fingerprint density at radius 1 is 1.36 bits per heavy atom. The molecule has 1 aromatic heterocycles. The Labute approximate surface area is 127 Å². The summed E-state index contributed by atoms with van der Waals surface area (Å²) in [6.45, 7) is 0.879. The molecule has 3 rings (SSSR count). The molecule has 0 amide bonds. The van der Waals surface area contributed by atoms with E-state index >= 15 is 0 Å². The van der Waals surface area contributed by atoms with Crippen LogP contribution in [0.15, 0.2) is 29.1 Å². The number of aromatic nitrogens is 1. The zero-order valence-corrected chi connectivity index (χ0v) is 12.0. The number of carbonyl (C=O) groups is 1. The minimum atomic E-state index is -0.331. The third kappa shape index (κ3) is 1.88. The van der Waals surface area contributed by atoms with Crippen molar-refractivity contribution in [1.82, 2.24) is 4.57 Å². The van der Waals surface area contributed by atoms with Crippen LogP contribution in [0.1, 0.15) is 5.56 Å². The van der Waals surface area contributed by atoms with E-state index in [2.05, 4.69) is 5.92 Å². The lowest BCUT2D eigenvalue weighted by molar-refractivity contribution is -0.118. The van der Waals surface area contributed by atoms with Crippen molar-refractivity contribution < 1.29 is 4.79 Å². The van der Waals surface area contributed by atoms with Crippen LogP contribution in [0.4, 0.5) is 5.69 Å². The minimum Gasteiger partial charge on any atom is -0.368 e. The maximum absolute atomic E-state index is 12.4. The molecule has 1 fully saturated rings. The van der Waals surface area contributed by atoms with Gasteiger partial charge >= 0.3 is 0 Å². The standard InChI is InChI=1S/C17H13N3O2/c1-3-15(21)11-9-20(10-11)16-12-6-4-5-7-14(12)19(2)17(22)13(16)8-18/h1,4-7,11H,9-10H2,2H3. The molecule has 2 aromatic rings. The minimum absolute atomic E-state index is 0.104. The van der Waals surface area contributed by atoms with Crippen LogP contribution >= 0.6 is 0 Å². The van der Waals surface area contributed by atoms with E-state index in [1.54, 1.807) is 7.05 Å². The number of fused-ring (bicyclic) bond motifs is 1. The number of para-hydroxylation sites is 1. The molecule has 1 aliphatic heterocycles. The van der Waals surface area contributed by atoms with Gasteiger partial charge in [-0.05, 0) is 12.0 Å². The van der Waals surface area contributed by atoms with Gasteiger partial charge in [-0.25, -0.2) is 0 Å². The first kappa shape index (κ1) is 13.9. The quantitative estimate of drug-likeness (QED) is 0.613. The number of aryl methyl sites for hydroxylation is 1. The van der Waals surface area contributed by atoms with Crippen molar-refractivity contribution in [3.8, 4) is 18.4 Å². The van der Waals surface area contributed by atoms with Crippen molar-refractivity contribution in [1.29, 1.82) is 5.26 Å². The fourth-order valence-corrected chi connectivity index (χ4v) is 2.85. The normalized spacial score (nSPS) is 14.2. The van der Waals surface area contributed by atoms with Crippen LogP contribution < -0.4 is 10.5 Å². The highest BCUT2D eigenvalue weighted by atomic mass is 16.1. The highest BCUT2D eigenvalue weighted by Crippen LogP contribution is 2.33. The summed E-state index contributed by atoms with van der Waals surface area (Å²) in [5.41, 5.74) is 1.13. The molecule has 108 valence electrons. The SMILES string of the molecule is C#CC(=O)C1CN(c2c(C#N)c(=O)n(C)c3ccccc23)C1. The number of hydrogen-bond donors (Lipinski definition) is 0. The number of nitrogens with zero attached hydrogens (tertiary/aromatic N) is 3. The number of hydrogen-bond acceptors (Lipinski definition) is 4. The summed E-state index contributed by atoms with van der Waals surface area (Å²) in [7, 11) is 1.65. The van der Waals surface area contributed by atoms with E-state index in [4.69, 9.17) is 6.42 Å². The average Bonchev–Trinajstić information content (AvgIpc) is 2.50. The van der Waals surface area contributed by atoms with Gasteiger partial charge < -0.3 is 9.47 Å². The number of carbonyl (C=O) groups excluding carboxylic acids is 1. The monoisotopic (exact) mass is 291 g/mol. The fraction of sp³-hybridized carbons (Fsp3) is 0.235. The molecule has 22 heavy (non-hydrogen) atoms. The number of Topliss-reactive ketones (excluding diaryl/α,β-unsaturated/α-hetero) is 1. The predicted octanol–water partition coefficient (Wildman–Crippen LogP) is 1.05. The Balaban J connectivity index is 2.17. The fourth-order valence-electron chi connectivity index (χ4n) is 2.85. The van der Waals surface area contributed by atoms with Gasteiger partial charge in [-0.15, -0.1) is 6.42 Å².